The zero-order valence-corrected chi connectivity index (χ0v) is 10.7. The molecule has 1 aliphatic rings. The van der Waals surface area contributed by atoms with Gasteiger partial charge in [-0.3, -0.25) is 4.79 Å². The summed E-state index contributed by atoms with van der Waals surface area (Å²) in [5, 5.41) is 0. The molecule has 1 saturated heterocycles. The molecule has 2 atom stereocenters. The number of hydrogen-bond acceptors (Lipinski definition) is 4. The number of thiol groups is 1. The Hall–Kier alpha value is -0.220. The van der Waals surface area contributed by atoms with E-state index in [-0.39, 0.29) is 12.1 Å². The van der Waals surface area contributed by atoms with Crippen molar-refractivity contribution in [2.24, 2.45) is 0 Å². The summed E-state index contributed by atoms with van der Waals surface area (Å²) in [7, 11) is 2.13. The maximum absolute atomic E-state index is 11.3. The van der Waals surface area contributed by atoms with Crippen LogP contribution in [0.5, 0.6) is 0 Å². The Bertz CT molecular complexity index is 211. The number of esters is 1. The maximum Gasteiger partial charge on any atom is 0.306 e. The van der Waals surface area contributed by atoms with Crippen LogP contribution in [-0.2, 0) is 9.53 Å². The Kier molecular flexibility index (Phi) is 4.93. The molecule has 0 aromatic rings. The van der Waals surface area contributed by atoms with Crippen molar-refractivity contribution in [3.63, 3.8) is 0 Å². The molecule has 0 bridgehead atoms. The van der Waals surface area contributed by atoms with Crippen molar-refractivity contribution in [3.05, 3.63) is 0 Å². The van der Waals surface area contributed by atoms with Gasteiger partial charge >= 0.3 is 5.97 Å². The number of hydrogen-bond donors (Lipinski definition) is 1. The van der Waals surface area contributed by atoms with Gasteiger partial charge in [-0.25, -0.2) is 0 Å². The molecule has 0 amide bonds. The van der Waals surface area contributed by atoms with Crippen LogP contribution < -0.4 is 0 Å². The summed E-state index contributed by atoms with van der Waals surface area (Å²) < 4.78 is 5.41. The second kappa shape index (κ2) is 5.75. The first-order valence-corrected chi connectivity index (χ1v) is 6.20. The predicted molar refractivity (Wildman–Crippen MR) is 64.3 cm³/mol. The highest BCUT2D eigenvalue weighted by Gasteiger charge is 2.30. The van der Waals surface area contributed by atoms with Crippen molar-refractivity contribution in [2.75, 3.05) is 12.8 Å². The average Bonchev–Trinajstić information content (AvgIpc) is 2.14. The summed E-state index contributed by atoms with van der Waals surface area (Å²) in [6, 6.07) is 0.977. The van der Waals surface area contributed by atoms with Crippen LogP contribution in [0.4, 0.5) is 0 Å². The fraction of sp³-hybridized carbons (Fsp3) is 0.909. The van der Waals surface area contributed by atoms with Gasteiger partial charge in [-0.2, -0.15) is 12.6 Å². The zero-order valence-electron chi connectivity index (χ0n) is 9.77. The smallest absolute Gasteiger partial charge is 0.306 e. The van der Waals surface area contributed by atoms with Gasteiger partial charge in [-0.1, -0.05) is 0 Å². The lowest BCUT2D eigenvalue weighted by molar-refractivity contribution is -0.152. The number of piperidine rings is 1. The molecule has 0 radical (unpaired) electrons. The first-order valence-electron chi connectivity index (χ1n) is 5.57. The van der Waals surface area contributed by atoms with E-state index in [1.54, 1.807) is 0 Å². The van der Waals surface area contributed by atoms with Crippen LogP contribution in [-0.4, -0.2) is 41.9 Å². The lowest BCUT2D eigenvalue weighted by Crippen LogP contribution is -2.46. The molecule has 0 aromatic carbocycles. The van der Waals surface area contributed by atoms with Crippen LogP contribution >= 0.6 is 12.6 Å². The molecule has 0 saturated carbocycles. The number of carbonyl (C=O) groups excluding carboxylic acids is 1. The summed E-state index contributed by atoms with van der Waals surface area (Å²) >= 11 is 4.02. The monoisotopic (exact) mass is 231 g/mol. The van der Waals surface area contributed by atoms with E-state index in [0.29, 0.717) is 24.3 Å². The van der Waals surface area contributed by atoms with E-state index in [2.05, 4.69) is 38.4 Å². The number of carbonyl (C=O) groups is 1. The minimum atomic E-state index is -0.112. The van der Waals surface area contributed by atoms with E-state index in [4.69, 9.17) is 4.74 Å². The molecule has 0 aliphatic carbocycles. The van der Waals surface area contributed by atoms with Crippen LogP contribution in [0, 0.1) is 0 Å². The molecule has 2 unspecified atom stereocenters. The first-order chi connectivity index (χ1) is 7.04. The quantitative estimate of drug-likeness (QED) is 0.592. The van der Waals surface area contributed by atoms with Crippen LogP contribution in [0.2, 0.25) is 0 Å². The molecular weight excluding hydrogens is 210 g/mol. The zero-order chi connectivity index (χ0) is 11.4. The molecule has 1 fully saturated rings. The second-order valence-corrected chi connectivity index (χ2v) is 4.87. The fourth-order valence-electron chi connectivity index (χ4n) is 2.06. The van der Waals surface area contributed by atoms with E-state index < -0.39 is 0 Å². The maximum atomic E-state index is 11.3. The van der Waals surface area contributed by atoms with E-state index in [9.17, 15) is 4.79 Å². The molecule has 15 heavy (non-hydrogen) atoms. The summed E-state index contributed by atoms with van der Waals surface area (Å²) in [6.45, 7) is 4.35. The van der Waals surface area contributed by atoms with Crippen LogP contribution in [0.15, 0.2) is 0 Å². The Morgan fingerprint density at radius 1 is 1.40 bits per heavy atom. The molecule has 3 nitrogen and oxygen atoms in total. The fourth-order valence-corrected chi connectivity index (χ4v) is 2.24. The lowest BCUT2D eigenvalue weighted by Gasteiger charge is -2.39. The summed E-state index contributed by atoms with van der Waals surface area (Å²) in [4.78, 5) is 13.7. The Balaban J connectivity index is 2.41. The first kappa shape index (κ1) is 12.8. The van der Waals surface area contributed by atoms with Crippen molar-refractivity contribution in [2.45, 2.75) is 51.3 Å². The predicted octanol–water partition coefficient (Wildman–Crippen LogP) is 1.72. The Morgan fingerprint density at radius 3 is 2.40 bits per heavy atom. The molecule has 1 aliphatic heterocycles. The molecule has 0 spiro atoms. The number of nitrogens with zero attached hydrogens (tertiary/aromatic N) is 1. The molecular formula is C11H21NO2S. The molecule has 88 valence electrons. The molecule has 0 aromatic heterocycles. The van der Waals surface area contributed by atoms with Crippen molar-refractivity contribution in [3.8, 4) is 0 Å². The highest BCUT2D eigenvalue weighted by Crippen LogP contribution is 2.23. The van der Waals surface area contributed by atoms with E-state index in [1.807, 2.05) is 0 Å². The van der Waals surface area contributed by atoms with Crippen molar-refractivity contribution in [1.29, 1.82) is 0 Å². The molecule has 0 N–H and O–H groups in total. The second-order valence-electron chi connectivity index (χ2n) is 4.42. The topological polar surface area (TPSA) is 29.5 Å². The SMILES string of the molecule is CC1CC(OC(=O)CCS)CC(C)N1C. The van der Waals surface area contributed by atoms with Gasteiger partial charge in [0.15, 0.2) is 0 Å². The van der Waals surface area contributed by atoms with Gasteiger partial charge in [0.2, 0.25) is 0 Å². The number of rotatable bonds is 3. The van der Waals surface area contributed by atoms with Crippen molar-refractivity contribution >= 4 is 18.6 Å². The molecule has 1 rings (SSSR count). The van der Waals surface area contributed by atoms with E-state index in [0.717, 1.165) is 12.8 Å². The van der Waals surface area contributed by atoms with E-state index >= 15 is 0 Å². The van der Waals surface area contributed by atoms with Crippen molar-refractivity contribution < 1.29 is 9.53 Å². The van der Waals surface area contributed by atoms with Gasteiger partial charge in [-0.05, 0) is 33.7 Å². The minimum absolute atomic E-state index is 0.0959. The van der Waals surface area contributed by atoms with Gasteiger partial charge in [-0.15, -0.1) is 0 Å². The minimum Gasteiger partial charge on any atom is -0.462 e. The summed E-state index contributed by atoms with van der Waals surface area (Å²) in [5.41, 5.74) is 0. The van der Waals surface area contributed by atoms with E-state index in [1.165, 1.54) is 0 Å². The normalized spacial score (nSPS) is 32.7. The largest absolute Gasteiger partial charge is 0.462 e. The Labute approximate surface area is 97.6 Å². The van der Waals surface area contributed by atoms with Gasteiger partial charge in [0.25, 0.3) is 0 Å². The van der Waals surface area contributed by atoms with Gasteiger partial charge in [0.05, 0.1) is 6.42 Å². The third kappa shape index (κ3) is 3.68. The number of ether oxygens (including phenoxy) is 1. The average molecular weight is 231 g/mol. The standard InChI is InChI=1S/C11H21NO2S/c1-8-6-10(7-9(2)12(8)3)14-11(13)4-5-15/h8-10,15H,4-7H2,1-3H3. The van der Waals surface area contributed by atoms with Crippen LogP contribution in [0.1, 0.15) is 33.1 Å². The lowest BCUT2D eigenvalue weighted by atomic mass is 9.95. The highest BCUT2D eigenvalue weighted by molar-refractivity contribution is 7.80. The number of likely N-dealkylation sites (tertiary alicyclic amines) is 1. The van der Waals surface area contributed by atoms with Gasteiger partial charge < -0.3 is 9.64 Å². The van der Waals surface area contributed by atoms with Gasteiger partial charge in [0, 0.05) is 17.8 Å². The summed E-state index contributed by atoms with van der Waals surface area (Å²) in [5.74, 6) is 0.454. The van der Waals surface area contributed by atoms with Crippen LogP contribution in [0.3, 0.4) is 0 Å². The van der Waals surface area contributed by atoms with Gasteiger partial charge in [0.1, 0.15) is 6.10 Å². The van der Waals surface area contributed by atoms with Crippen molar-refractivity contribution in [1.82, 2.24) is 4.90 Å². The summed E-state index contributed by atoms with van der Waals surface area (Å²) in [6.07, 6.45) is 2.40. The third-order valence-electron chi connectivity index (χ3n) is 3.21. The third-order valence-corrected chi connectivity index (χ3v) is 3.44. The molecule has 4 heteroatoms. The Morgan fingerprint density at radius 2 is 1.93 bits per heavy atom. The van der Waals surface area contributed by atoms with Crippen LogP contribution in [0.25, 0.3) is 0 Å². The molecule has 1 heterocycles. The highest BCUT2D eigenvalue weighted by atomic mass is 32.1.